The highest BCUT2D eigenvalue weighted by molar-refractivity contribution is 5.18. The van der Waals surface area contributed by atoms with Gasteiger partial charge in [-0.25, -0.2) is 0 Å². The Kier molecular flexibility index (Phi) is 19.3. The van der Waals surface area contributed by atoms with Crippen LogP contribution in [0.4, 0.5) is 0 Å². The van der Waals surface area contributed by atoms with Gasteiger partial charge in [-0.05, 0) is 46.5 Å². The fourth-order valence-electron chi connectivity index (χ4n) is 9.51. The number of hydrogen-bond donors (Lipinski definition) is 1. The van der Waals surface area contributed by atoms with Crippen molar-refractivity contribution in [3.8, 4) is 0 Å². The van der Waals surface area contributed by atoms with Crippen LogP contribution in [-0.2, 0) is 52.6 Å². The molecule has 404 valence electrons. The van der Waals surface area contributed by atoms with E-state index in [2.05, 4.69) is 19.6 Å². The van der Waals surface area contributed by atoms with Crippen LogP contribution < -0.4 is 47.3 Å². The molecule has 0 aliphatic carbocycles. The van der Waals surface area contributed by atoms with Crippen LogP contribution in [0, 0.1) is 0 Å². The Bertz CT molecular complexity index is 3380. The summed E-state index contributed by atoms with van der Waals surface area (Å²) in [5.41, 5.74) is 12.1. The van der Waals surface area contributed by atoms with Gasteiger partial charge in [0.15, 0.2) is 0 Å². The molecule has 0 saturated carbocycles. The number of nitrogens with zero attached hydrogens (tertiary/aromatic N) is 8. The summed E-state index contributed by atoms with van der Waals surface area (Å²) in [6.45, 7) is 5.93. The normalized spacial score (nSPS) is 15.2. The molecule has 4 aromatic heterocycles. The van der Waals surface area contributed by atoms with Crippen molar-refractivity contribution in [2.24, 2.45) is 5.73 Å². The Morgan fingerprint density at radius 1 is 0.333 bits per heavy atom. The maximum Gasteiger partial charge on any atom is 0.283 e. The summed E-state index contributed by atoms with van der Waals surface area (Å²) in [5, 5.41) is 0. The van der Waals surface area contributed by atoms with E-state index in [0.717, 1.165) is 22.3 Å². The number of hydrogen-bond acceptors (Lipinski definition) is 13. The number of pyridine rings is 4. The van der Waals surface area contributed by atoms with Gasteiger partial charge in [-0.1, -0.05) is 146 Å². The maximum atomic E-state index is 13.6. The van der Waals surface area contributed by atoms with Crippen molar-refractivity contribution in [3.05, 3.63) is 281 Å². The molecule has 17 heteroatoms. The Morgan fingerprint density at radius 3 is 0.936 bits per heavy atom. The van der Waals surface area contributed by atoms with Gasteiger partial charge in [-0.2, -0.15) is 0 Å². The van der Waals surface area contributed by atoms with E-state index in [4.69, 9.17) is 25.1 Å². The van der Waals surface area contributed by atoms with Gasteiger partial charge in [0.2, 0.25) is 0 Å². The lowest BCUT2D eigenvalue weighted by molar-refractivity contribution is 0.0485. The zero-order chi connectivity index (χ0) is 53.9. The van der Waals surface area contributed by atoms with Gasteiger partial charge in [0.25, 0.3) is 22.2 Å². The lowest BCUT2D eigenvalue weighted by Crippen LogP contribution is -2.53. The van der Waals surface area contributed by atoms with Crippen LogP contribution in [0.1, 0.15) is 45.0 Å². The average Bonchev–Trinajstić information content (AvgIpc) is 3.49. The van der Waals surface area contributed by atoms with E-state index in [0.29, 0.717) is 94.8 Å². The minimum absolute atomic E-state index is 0.185. The average molecular weight is 1050 g/mol. The Balaban J connectivity index is 1.07. The monoisotopic (exact) mass is 1050 g/mol. The van der Waals surface area contributed by atoms with Gasteiger partial charge in [-0.3, -0.25) is 38.8 Å². The molecule has 17 nitrogen and oxygen atoms in total. The lowest BCUT2D eigenvalue weighted by atomic mass is 10.1. The highest BCUT2D eigenvalue weighted by Gasteiger charge is 2.27. The van der Waals surface area contributed by atoms with Gasteiger partial charge in [0, 0.05) is 109 Å². The van der Waals surface area contributed by atoms with E-state index >= 15 is 0 Å². The summed E-state index contributed by atoms with van der Waals surface area (Å²) in [5.74, 6) is 0. The number of nitrogens with two attached hydrogens (primary N) is 1. The summed E-state index contributed by atoms with van der Waals surface area (Å²) in [7, 11) is 0. The van der Waals surface area contributed by atoms with Gasteiger partial charge >= 0.3 is 0 Å². The molecule has 0 bridgehead atoms. The first-order chi connectivity index (χ1) is 38.3. The predicted octanol–water partition coefficient (Wildman–Crippen LogP) is 4.50. The van der Waals surface area contributed by atoms with Crippen molar-refractivity contribution in [2.45, 2.75) is 58.6 Å². The fraction of sp³-hybridized carbons (Fsp3) is 0.279. The summed E-state index contributed by atoms with van der Waals surface area (Å²) in [4.78, 5) is 88.6. The van der Waals surface area contributed by atoms with E-state index in [-0.39, 0.29) is 61.3 Å². The highest BCUT2D eigenvalue weighted by Crippen LogP contribution is 2.16. The quantitative estimate of drug-likeness (QED) is 0.107. The van der Waals surface area contributed by atoms with Crippen LogP contribution in [-0.4, -0.2) is 96.9 Å². The molecular weight excluding hydrogens is 987 g/mol. The van der Waals surface area contributed by atoms with Gasteiger partial charge in [0.05, 0.1) is 22.8 Å². The molecule has 1 saturated heterocycles. The number of aromatic nitrogens is 4. The van der Waals surface area contributed by atoms with Crippen molar-refractivity contribution < 1.29 is 19.4 Å². The molecule has 1 aliphatic heterocycles. The first-order valence-corrected chi connectivity index (χ1v) is 26.4. The Morgan fingerprint density at radius 2 is 0.615 bits per heavy atom. The second-order valence-electron chi connectivity index (χ2n) is 19.3. The minimum atomic E-state index is -0.296. The van der Waals surface area contributed by atoms with E-state index in [1.165, 1.54) is 43.2 Å². The zero-order valence-electron chi connectivity index (χ0n) is 43.8. The van der Waals surface area contributed by atoms with Crippen molar-refractivity contribution in [3.63, 3.8) is 0 Å². The molecule has 8 aromatic rings. The summed E-state index contributed by atoms with van der Waals surface area (Å²) >= 11 is 0. The van der Waals surface area contributed by atoms with Crippen LogP contribution in [0.15, 0.2) is 213 Å². The summed E-state index contributed by atoms with van der Waals surface area (Å²) < 4.78 is 5.51. The second-order valence-corrected chi connectivity index (χ2v) is 19.3. The number of rotatable bonds is 21. The van der Waals surface area contributed by atoms with E-state index in [1.54, 1.807) is 24.3 Å². The van der Waals surface area contributed by atoms with Gasteiger partial charge < -0.3 is 25.1 Å². The first-order valence-electron chi connectivity index (χ1n) is 26.4. The molecule has 4 aromatic carbocycles. The molecular formula is C61H67N9O8. The van der Waals surface area contributed by atoms with Crippen molar-refractivity contribution in [2.75, 3.05) is 52.4 Å². The Hall–Kier alpha value is -8.32. The van der Waals surface area contributed by atoms with Crippen molar-refractivity contribution in [1.82, 2.24) is 38.5 Å². The second kappa shape index (κ2) is 27.6. The number of benzene rings is 4. The van der Waals surface area contributed by atoms with Gasteiger partial charge in [-0.15, -0.1) is 18.9 Å². The van der Waals surface area contributed by atoms with Crippen LogP contribution in [0.5, 0.6) is 0 Å². The van der Waals surface area contributed by atoms with Crippen LogP contribution in [0.25, 0.3) is 0 Å². The minimum Gasteiger partial charge on any atom is -0.406 e. The third-order valence-electron chi connectivity index (χ3n) is 13.7. The Labute approximate surface area is 453 Å². The highest BCUT2D eigenvalue weighted by atomic mass is 16.7. The van der Waals surface area contributed by atoms with Crippen LogP contribution >= 0.6 is 0 Å². The SMILES string of the molecule is NCC1CN(Cc2cccc(=O)n2OCc2ccccc2)CCN(Cc2cccc(=O)n2OCc2ccccc2)CCN(Cc2cccc(=O)n2OCc2ccccc2)CCN1Cc1cccc(=O)n1OCc1ccccc1. The third kappa shape index (κ3) is 15.2. The van der Waals surface area contributed by atoms with Gasteiger partial charge in [0.1, 0.15) is 26.4 Å². The molecule has 9 rings (SSSR count). The molecule has 0 amide bonds. The molecule has 2 N–H and O–H groups in total. The van der Waals surface area contributed by atoms with Crippen LogP contribution in [0.3, 0.4) is 0 Å². The topological polar surface area (TPSA) is 164 Å². The first kappa shape index (κ1) is 54.5. The van der Waals surface area contributed by atoms with Crippen molar-refractivity contribution in [1.29, 1.82) is 0 Å². The predicted molar refractivity (Wildman–Crippen MR) is 299 cm³/mol. The van der Waals surface area contributed by atoms with Crippen LogP contribution in [0.2, 0.25) is 0 Å². The summed E-state index contributed by atoms with van der Waals surface area (Å²) in [6, 6.07) is 59.2. The van der Waals surface area contributed by atoms with E-state index in [9.17, 15) is 19.2 Å². The van der Waals surface area contributed by atoms with E-state index < -0.39 is 0 Å². The third-order valence-corrected chi connectivity index (χ3v) is 13.7. The standard InChI is InChI=1S/C61H67N9O8/c62-39-57-43-65(42-55-27-15-31-60(73)69(55)77-47-51-21-9-3-10-22-51)36-35-63(40-53-25-13-29-58(71)67(53)75-45-49-17-5-1-6-18-49)33-34-64(41-54-26-14-30-59(72)68(54)76-46-50-19-7-2-8-20-50)37-38-66(57)44-56-28-16-32-61(74)70(56)78-48-52-23-11-4-12-24-52/h1-32,57H,33-48,62H2. The molecule has 1 unspecified atom stereocenters. The molecule has 1 fully saturated rings. The molecule has 1 aliphatic rings. The molecule has 78 heavy (non-hydrogen) atoms. The summed E-state index contributed by atoms with van der Waals surface area (Å²) in [6.07, 6.45) is 0. The molecule has 5 heterocycles. The molecule has 0 spiro atoms. The fourth-order valence-corrected chi connectivity index (χ4v) is 9.51. The van der Waals surface area contributed by atoms with Crippen molar-refractivity contribution >= 4 is 0 Å². The largest absolute Gasteiger partial charge is 0.406 e. The maximum absolute atomic E-state index is 13.6. The molecule has 1 atom stereocenters. The van der Waals surface area contributed by atoms with E-state index in [1.807, 2.05) is 146 Å². The molecule has 0 radical (unpaired) electrons. The lowest BCUT2D eigenvalue weighted by Gasteiger charge is -2.39. The smallest absolute Gasteiger partial charge is 0.283 e. The zero-order valence-corrected chi connectivity index (χ0v) is 43.8.